The van der Waals surface area contributed by atoms with Gasteiger partial charge in [0, 0.05) is 24.3 Å². The summed E-state index contributed by atoms with van der Waals surface area (Å²) in [7, 11) is 0. The molecule has 15 heavy (non-hydrogen) atoms. The lowest BCUT2D eigenvalue weighted by atomic mass is 10.3. The van der Waals surface area contributed by atoms with Crippen molar-refractivity contribution in [3.63, 3.8) is 0 Å². The zero-order valence-electron chi connectivity index (χ0n) is 7.91. The SMILES string of the molecule is N/C(=N/O)c1cccn1-c1ccncc1. The molecule has 0 atom stereocenters. The van der Waals surface area contributed by atoms with Crippen LogP contribution in [0.25, 0.3) is 5.69 Å². The molecule has 0 saturated heterocycles. The van der Waals surface area contributed by atoms with E-state index in [1.807, 2.05) is 29.0 Å². The molecule has 0 aliphatic heterocycles. The average Bonchev–Trinajstić information content (AvgIpc) is 2.78. The lowest BCUT2D eigenvalue weighted by Crippen LogP contribution is -2.17. The third-order valence-corrected chi connectivity index (χ3v) is 2.06. The molecule has 2 heterocycles. The summed E-state index contributed by atoms with van der Waals surface area (Å²) < 4.78 is 1.82. The van der Waals surface area contributed by atoms with E-state index < -0.39 is 0 Å². The van der Waals surface area contributed by atoms with E-state index in [2.05, 4.69) is 10.1 Å². The fraction of sp³-hybridized carbons (Fsp3) is 0. The Hall–Kier alpha value is -2.30. The summed E-state index contributed by atoms with van der Waals surface area (Å²) in [6.45, 7) is 0. The first-order valence-electron chi connectivity index (χ1n) is 4.38. The van der Waals surface area contributed by atoms with E-state index in [1.54, 1.807) is 18.5 Å². The summed E-state index contributed by atoms with van der Waals surface area (Å²) in [6, 6.07) is 7.28. The molecule has 0 aliphatic rings. The molecule has 2 aromatic heterocycles. The Morgan fingerprint density at radius 2 is 2.07 bits per heavy atom. The maximum atomic E-state index is 8.62. The van der Waals surface area contributed by atoms with Gasteiger partial charge in [0.15, 0.2) is 5.84 Å². The van der Waals surface area contributed by atoms with Crippen LogP contribution in [-0.4, -0.2) is 20.6 Å². The van der Waals surface area contributed by atoms with E-state index in [9.17, 15) is 0 Å². The summed E-state index contributed by atoms with van der Waals surface area (Å²) in [4.78, 5) is 3.93. The Labute approximate surface area is 86.5 Å². The van der Waals surface area contributed by atoms with Crippen molar-refractivity contribution < 1.29 is 5.21 Å². The van der Waals surface area contributed by atoms with Crippen molar-refractivity contribution in [3.05, 3.63) is 48.5 Å². The summed E-state index contributed by atoms with van der Waals surface area (Å²) >= 11 is 0. The number of aromatic nitrogens is 2. The largest absolute Gasteiger partial charge is 0.409 e. The van der Waals surface area contributed by atoms with Crippen molar-refractivity contribution in [2.24, 2.45) is 10.9 Å². The highest BCUT2D eigenvalue weighted by molar-refractivity contribution is 5.96. The molecule has 76 valence electrons. The standard InChI is InChI=1S/C10H10N4O/c11-10(13-15)9-2-1-7-14(9)8-3-5-12-6-4-8/h1-7,15H,(H2,11,13). The van der Waals surface area contributed by atoms with E-state index in [4.69, 9.17) is 10.9 Å². The first-order chi connectivity index (χ1) is 7.33. The Kier molecular flexibility index (Phi) is 2.37. The van der Waals surface area contributed by atoms with Crippen LogP contribution in [0.3, 0.4) is 0 Å². The monoisotopic (exact) mass is 202 g/mol. The average molecular weight is 202 g/mol. The molecule has 0 spiro atoms. The van der Waals surface area contributed by atoms with Gasteiger partial charge in [0.05, 0.1) is 5.69 Å². The van der Waals surface area contributed by atoms with Crippen LogP contribution in [0.15, 0.2) is 48.0 Å². The van der Waals surface area contributed by atoms with E-state index in [0.29, 0.717) is 5.69 Å². The Morgan fingerprint density at radius 1 is 1.33 bits per heavy atom. The van der Waals surface area contributed by atoms with Gasteiger partial charge in [-0.2, -0.15) is 0 Å². The van der Waals surface area contributed by atoms with Crippen molar-refractivity contribution in [1.29, 1.82) is 0 Å². The van der Waals surface area contributed by atoms with E-state index in [1.165, 1.54) is 0 Å². The van der Waals surface area contributed by atoms with Crippen molar-refractivity contribution in [2.45, 2.75) is 0 Å². The first-order valence-corrected chi connectivity index (χ1v) is 4.38. The number of hydrogen-bond acceptors (Lipinski definition) is 3. The van der Waals surface area contributed by atoms with Gasteiger partial charge in [-0.15, -0.1) is 0 Å². The molecule has 0 fully saturated rings. The van der Waals surface area contributed by atoms with Crippen molar-refractivity contribution in [1.82, 2.24) is 9.55 Å². The van der Waals surface area contributed by atoms with Crippen LogP contribution in [0.2, 0.25) is 0 Å². The predicted molar refractivity (Wildman–Crippen MR) is 56.1 cm³/mol. The van der Waals surface area contributed by atoms with Gasteiger partial charge >= 0.3 is 0 Å². The highest BCUT2D eigenvalue weighted by Crippen LogP contribution is 2.10. The van der Waals surface area contributed by atoms with E-state index in [0.717, 1.165) is 5.69 Å². The number of rotatable bonds is 2. The lowest BCUT2D eigenvalue weighted by Gasteiger charge is -2.06. The molecule has 2 rings (SSSR count). The second-order valence-corrected chi connectivity index (χ2v) is 2.95. The molecule has 0 radical (unpaired) electrons. The molecule has 5 nitrogen and oxygen atoms in total. The molecule has 0 bridgehead atoms. The van der Waals surface area contributed by atoms with Gasteiger partial charge in [0.2, 0.25) is 0 Å². The summed E-state index contributed by atoms with van der Waals surface area (Å²) in [5.41, 5.74) is 7.10. The molecule has 0 unspecified atom stereocenters. The first kappa shape index (κ1) is 9.26. The van der Waals surface area contributed by atoms with Gasteiger partial charge in [0.25, 0.3) is 0 Å². The van der Waals surface area contributed by atoms with Crippen LogP contribution in [0.1, 0.15) is 5.69 Å². The molecular weight excluding hydrogens is 192 g/mol. The third-order valence-electron chi connectivity index (χ3n) is 2.06. The Bertz CT molecular complexity index is 475. The van der Waals surface area contributed by atoms with Gasteiger partial charge in [-0.05, 0) is 24.3 Å². The molecule has 0 aliphatic carbocycles. The second kappa shape index (κ2) is 3.83. The fourth-order valence-electron chi connectivity index (χ4n) is 1.37. The summed E-state index contributed by atoms with van der Waals surface area (Å²) in [5.74, 6) is 0.0804. The molecule has 2 aromatic rings. The lowest BCUT2D eigenvalue weighted by molar-refractivity contribution is 0.318. The quantitative estimate of drug-likeness (QED) is 0.329. The van der Waals surface area contributed by atoms with Crippen LogP contribution < -0.4 is 5.73 Å². The molecule has 0 saturated carbocycles. The number of nitrogens with zero attached hydrogens (tertiary/aromatic N) is 3. The summed E-state index contributed by atoms with van der Waals surface area (Å²) in [6.07, 6.45) is 5.21. The highest BCUT2D eigenvalue weighted by atomic mass is 16.4. The predicted octanol–water partition coefficient (Wildman–Crippen LogP) is 0.967. The third kappa shape index (κ3) is 1.67. The molecular formula is C10H10N4O. The van der Waals surface area contributed by atoms with Crippen molar-refractivity contribution in [3.8, 4) is 5.69 Å². The molecule has 5 heteroatoms. The molecule has 0 aromatic carbocycles. The van der Waals surface area contributed by atoms with Gasteiger partial charge in [0.1, 0.15) is 0 Å². The smallest absolute Gasteiger partial charge is 0.187 e. The topological polar surface area (TPSA) is 76.4 Å². The minimum absolute atomic E-state index is 0.0804. The Balaban J connectivity index is 2.51. The fourth-order valence-corrected chi connectivity index (χ4v) is 1.37. The van der Waals surface area contributed by atoms with Crippen LogP contribution in [0, 0.1) is 0 Å². The number of oxime groups is 1. The van der Waals surface area contributed by atoms with E-state index >= 15 is 0 Å². The van der Waals surface area contributed by atoms with Gasteiger partial charge < -0.3 is 15.5 Å². The molecule has 0 amide bonds. The number of pyridine rings is 1. The zero-order chi connectivity index (χ0) is 10.7. The minimum atomic E-state index is 0.0804. The molecule has 3 N–H and O–H groups in total. The van der Waals surface area contributed by atoms with Crippen molar-refractivity contribution in [2.75, 3.05) is 0 Å². The van der Waals surface area contributed by atoms with Crippen LogP contribution in [0.4, 0.5) is 0 Å². The highest BCUT2D eigenvalue weighted by Gasteiger charge is 2.06. The maximum absolute atomic E-state index is 8.62. The minimum Gasteiger partial charge on any atom is -0.409 e. The van der Waals surface area contributed by atoms with Crippen LogP contribution in [-0.2, 0) is 0 Å². The van der Waals surface area contributed by atoms with Gasteiger partial charge in [-0.1, -0.05) is 5.16 Å². The van der Waals surface area contributed by atoms with Gasteiger partial charge in [-0.3, -0.25) is 4.98 Å². The Morgan fingerprint density at radius 3 is 2.73 bits per heavy atom. The number of amidine groups is 1. The summed E-state index contributed by atoms with van der Waals surface area (Å²) in [5, 5.41) is 11.6. The van der Waals surface area contributed by atoms with Crippen LogP contribution >= 0.6 is 0 Å². The van der Waals surface area contributed by atoms with E-state index in [-0.39, 0.29) is 5.84 Å². The number of nitrogens with two attached hydrogens (primary N) is 1. The maximum Gasteiger partial charge on any atom is 0.187 e. The normalized spacial score (nSPS) is 11.6. The zero-order valence-corrected chi connectivity index (χ0v) is 7.91. The van der Waals surface area contributed by atoms with Gasteiger partial charge in [-0.25, -0.2) is 0 Å². The second-order valence-electron chi connectivity index (χ2n) is 2.95. The van der Waals surface area contributed by atoms with Crippen molar-refractivity contribution >= 4 is 5.84 Å². The number of hydrogen-bond donors (Lipinski definition) is 2. The van der Waals surface area contributed by atoms with Crippen LogP contribution in [0.5, 0.6) is 0 Å².